The second-order valence-corrected chi connectivity index (χ2v) is 8.03. The predicted molar refractivity (Wildman–Crippen MR) is 112 cm³/mol. The van der Waals surface area contributed by atoms with E-state index in [4.69, 9.17) is 0 Å². The lowest BCUT2D eigenvalue weighted by atomic mass is 10.0. The average Bonchev–Trinajstić information content (AvgIpc) is 3.06. The first kappa shape index (κ1) is 18.3. The molecule has 140 valence electrons. The van der Waals surface area contributed by atoms with Gasteiger partial charge in [0.2, 0.25) is 0 Å². The maximum Gasteiger partial charge on any atom is 0.294 e. The topological polar surface area (TPSA) is 64.8 Å². The highest BCUT2D eigenvalue weighted by atomic mass is 32.1. The molecule has 0 amide bonds. The van der Waals surface area contributed by atoms with Crippen LogP contribution in [0.4, 0.5) is 0 Å². The number of Topliss-reactive ketones (excluding diaryl/α,β-unsaturated/α-hetero) is 1. The van der Waals surface area contributed by atoms with Crippen LogP contribution >= 0.6 is 11.3 Å². The molecule has 2 heterocycles. The minimum absolute atomic E-state index is 0.116. The molecule has 0 aliphatic rings. The Morgan fingerprint density at radius 2 is 1.82 bits per heavy atom. The van der Waals surface area contributed by atoms with Gasteiger partial charge in [0.15, 0.2) is 11.3 Å². The smallest absolute Gasteiger partial charge is 0.292 e. The van der Waals surface area contributed by atoms with E-state index in [9.17, 15) is 9.59 Å². The maximum absolute atomic E-state index is 12.9. The highest BCUT2D eigenvalue weighted by molar-refractivity contribution is 7.19. The van der Waals surface area contributed by atoms with Gasteiger partial charge >= 0.3 is 0 Å². The summed E-state index contributed by atoms with van der Waals surface area (Å²) in [5.74, 6) is -0.141. The van der Waals surface area contributed by atoms with E-state index in [-0.39, 0.29) is 17.9 Å². The van der Waals surface area contributed by atoms with Gasteiger partial charge in [0.05, 0.1) is 9.71 Å². The van der Waals surface area contributed by atoms with Crippen molar-refractivity contribution in [3.63, 3.8) is 0 Å². The number of hydrogen-bond donors (Lipinski definition) is 0. The Hall–Kier alpha value is -3.12. The summed E-state index contributed by atoms with van der Waals surface area (Å²) in [4.78, 5) is 30.2. The lowest BCUT2D eigenvalue weighted by Gasteiger charge is -2.10. The molecule has 0 saturated heterocycles. The summed E-state index contributed by atoms with van der Waals surface area (Å²) < 4.78 is 2.00. The van der Waals surface area contributed by atoms with E-state index >= 15 is 0 Å². The Kier molecular flexibility index (Phi) is 4.65. The van der Waals surface area contributed by atoms with Crippen LogP contribution in [0.25, 0.3) is 21.5 Å². The van der Waals surface area contributed by atoms with Gasteiger partial charge in [-0.1, -0.05) is 54.1 Å². The third kappa shape index (κ3) is 3.27. The van der Waals surface area contributed by atoms with Crippen molar-refractivity contribution in [2.45, 2.75) is 27.3 Å². The third-order valence-electron chi connectivity index (χ3n) is 4.63. The number of thiazole rings is 1. The van der Waals surface area contributed by atoms with E-state index in [1.54, 1.807) is 0 Å². The van der Waals surface area contributed by atoms with Crippen LogP contribution in [0.1, 0.15) is 26.5 Å². The summed E-state index contributed by atoms with van der Waals surface area (Å²) in [5.41, 5.74) is 4.19. The first-order valence-corrected chi connectivity index (χ1v) is 9.80. The average molecular weight is 389 g/mol. The zero-order chi connectivity index (χ0) is 19.8. The van der Waals surface area contributed by atoms with Gasteiger partial charge in [-0.05, 0) is 26.3 Å². The Bertz CT molecular complexity index is 1260. The van der Waals surface area contributed by atoms with Crippen LogP contribution < -0.4 is 5.56 Å². The Balaban J connectivity index is 1.84. The quantitative estimate of drug-likeness (QED) is 0.487. The fraction of sp³-hybridized carbons (Fsp3) is 0.182. The molecule has 0 radical (unpaired) electrons. The van der Waals surface area contributed by atoms with Crippen LogP contribution in [-0.4, -0.2) is 20.5 Å². The van der Waals surface area contributed by atoms with Crippen molar-refractivity contribution in [2.24, 2.45) is 0 Å². The van der Waals surface area contributed by atoms with Gasteiger partial charge in [-0.2, -0.15) is 5.10 Å². The minimum atomic E-state index is -0.336. The normalized spacial score (nSPS) is 11.1. The standard InChI is InChI=1S/C22H19N3O2S/c1-13-9-10-17(14(2)11-13)18(26)12-25-22(27)20-21(28-15(3)23-20)19(24-25)16-7-5-4-6-8-16/h4-11H,12H2,1-3H3. The van der Waals surface area contributed by atoms with Gasteiger partial charge < -0.3 is 0 Å². The zero-order valence-electron chi connectivity index (χ0n) is 15.9. The summed E-state index contributed by atoms with van der Waals surface area (Å²) >= 11 is 1.44. The fourth-order valence-corrected chi connectivity index (χ4v) is 4.22. The van der Waals surface area contributed by atoms with Crippen LogP contribution in [0, 0.1) is 20.8 Å². The SMILES string of the molecule is Cc1ccc(C(=O)Cn2nc(-c3ccccc3)c3sc(C)nc3c2=O)c(C)c1. The lowest BCUT2D eigenvalue weighted by molar-refractivity contribution is 0.0965. The monoisotopic (exact) mass is 389 g/mol. The molecule has 0 N–H and O–H groups in total. The number of benzene rings is 2. The number of ketones is 1. The van der Waals surface area contributed by atoms with Gasteiger partial charge in [0.1, 0.15) is 12.2 Å². The van der Waals surface area contributed by atoms with Gasteiger partial charge in [-0.3, -0.25) is 9.59 Å². The molecular formula is C22H19N3O2S. The molecule has 0 aliphatic heterocycles. The first-order valence-electron chi connectivity index (χ1n) is 8.98. The summed E-state index contributed by atoms with van der Waals surface area (Å²) in [5, 5.41) is 5.35. The number of rotatable bonds is 4. The number of hydrogen-bond acceptors (Lipinski definition) is 5. The molecule has 0 bridgehead atoms. The van der Waals surface area contributed by atoms with E-state index in [1.165, 1.54) is 16.0 Å². The molecule has 2 aromatic carbocycles. The van der Waals surface area contributed by atoms with E-state index in [1.807, 2.05) is 69.3 Å². The molecule has 2 aromatic heterocycles. The van der Waals surface area contributed by atoms with Gasteiger partial charge in [0.25, 0.3) is 5.56 Å². The number of carbonyl (C=O) groups is 1. The van der Waals surface area contributed by atoms with E-state index in [2.05, 4.69) is 10.1 Å². The van der Waals surface area contributed by atoms with E-state index in [0.717, 1.165) is 26.4 Å². The molecule has 28 heavy (non-hydrogen) atoms. The maximum atomic E-state index is 12.9. The zero-order valence-corrected chi connectivity index (χ0v) is 16.7. The Morgan fingerprint density at radius 3 is 2.54 bits per heavy atom. The van der Waals surface area contributed by atoms with Crippen LogP contribution in [-0.2, 0) is 6.54 Å². The van der Waals surface area contributed by atoms with Crippen LogP contribution in [0.15, 0.2) is 53.3 Å². The third-order valence-corrected chi connectivity index (χ3v) is 5.61. The number of carbonyl (C=O) groups excluding carboxylic acids is 1. The molecule has 0 aliphatic carbocycles. The Labute approximate surface area is 166 Å². The second-order valence-electron chi connectivity index (χ2n) is 6.83. The number of fused-ring (bicyclic) bond motifs is 1. The summed E-state index contributed by atoms with van der Waals surface area (Å²) in [6, 6.07) is 15.3. The van der Waals surface area contributed by atoms with E-state index in [0.29, 0.717) is 16.8 Å². The molecule has 0 unspecified atom stereocenters. The molecule has 0 atom stereocenters. The van der Waals surface area contributed by atoms with Gasteiger partial charge in [0, 0.05) is 11.1 Å². The van der Waals surface area contributed by atoms with E-state index < -0.39 is 0 Å². The van der Waals surface area contributed by atoms with Crippen molar-refractivity contribution in [2.75, 3.05) is 0 Å². The Morgan fingerprint density at radius 1 is 1.07 bits per heavy atom. The van der Waals surface area contributed by atoms with Gasteiger partial charge in [-0.25, -0.2) is 9.67 Å². The van der Waals surface area contributed by atoms with Crippen molar-refractivity contribution < 1.29 is 4.79 Å². The summed E-state index contributed by atoms with van der Waals surface area (Å²) in [7, 11) is 0. The molecular weight excluding hydrogens is 370 g/mol. The van der Waals surface area contributed by atoms with Crippen LogP contribution in [0.2, 0.25) is 0 Å². The molecule has 4 aromatic rings. The van der Waals surface area contributed by atoms with Crippen LogP contribution in [0.5, 0.6) is 0 Å². The highest BCUT2D eigenvalue weighted by Gasteiger charge is 2.19. The van der Waals surface area contributed by atoms with Crippen molar-refractivity contribution in [1.82, 2.24) is 14.8 Å². The summed E-state index contributed by atoms with van der Waals surface area (Å²) in [6.07, 6.45) is 0. The molecule has 4 rings (SSSR count). The number of aromatic nitrogens is 3. The molecule has 6 heteroatoms. The van der Waals surface area contributed by atoms with Crippen molar-refractivity contribution in [3.05, 3.63) is 80.6 Å². The number of nitrogens with zero attached hydrogens (tertiary/aromatic N) is 3. The largest absolute Gasteiger partial charge is 0.294 e. The minimum Gasteiger partial charge on any atom is -0.292 e. The lowest BCUT2D eigenvalue weighted by Crippen LogP contribution is -2.27. The second kappa shape index (κ2) is 7.13. The molecule has 5 nitrogen and oxygen atoms in total. The molecule has 0 saturated carbocycles. The summed E-state index contributed by atoms with van der Waals surface area (Å²) in [6.45, 7) is 5.63. The predicted octanol–water partition coefficient (Wildman–Crippen LogP) is 4.33. The highest BCUT2D eigenvalue weighted by Crippen LogP contribution is 2.29. The van der Waals surface area contributed by atoms with Crippen molar-refractivity contribution in [1.29, 1.82) is 0 Å². The fourth-order valence-electron chi connectivity index (χ4n) is 3.31. The number of aryl methyl sites for hydroxylation is 3. The van der Waals surface area contributed by atoms with Gasteiger partial charge in [-0.15, -0.1) is 11.3 Å². The van der Waals surface area contributed by atoms with Crippen LogP contribution in [0.3, 0.4) is 0 Å². The first-order chi connectivity index (χ1) is 13.4. The van der Waals surface area contributed by atoms with Crippen molar-refractivity contribution >= 4 is 27.3 Å². The molecule has 0 fully saturated rings. The van der Waals surface area contributed by atoms with Crippen molar-refractivity contribution in [3.8, 4) is 11.3 Å². The molecule has 0 spiro atoms.